The number of benzene rings is 1. The molecule has 0 aromatic heterocycles. The van der Waals surface area contributed by atoms with Crippen LogP contribution in [0.4, 0.5) is 5.69 Å². The Hall–Kier alpha value is -1.93. The van der Waals surface area contributed by atoms with Crippen LogP contribution in [-0.4, -0.2) is 50.9 Å². The summed E-state index contributed by atoms with van der Waals surface area (Å²) in [5.74, 6) is -0.332. The van der Waals surface area contributed by atoms with E-state index in [0.717, 1.165) is 23.9 Å². The van der Waals surface area contributed by atoms with Crippen molar-refractivity contribution in [2.24, 2.45) is 0 Å². The first kappa shape index (κ1) is 18.8. The number of piperidine rings is 1. The Bertz CT molecular complexity index is 800. The molecular weight excluding hydrogens is 354 g/mol. The Balaban J connectivity index is 1.72. The van der Waals surface area contributed by atoms with Gasteiger partial charge in [0.2, 0.25) is 11.8 Å². The Morgan fingerprint density at radius 3 is 2.65 bits per heavy atom. The first-order valence-electron chi connectivity index (χ1n) is 8.91. The topological polar surface area (TPSA) is 95.6 Å². The Morgan fingerprint density at radius 1 is 1.31 bits per heavy atom. The average Bonchev–Trinajstić information content (AvgIpc) is 3.05. The summed E-state index contributed by atoms with van der Waals surface area (Å²) in [6.07, 6.45) is 3.11. The molecule has 2 heterocycles. The van der Waals surface area contributed by atoms with Crippen LogP contribution in [0.1, 0.15) is 31.2 Å². The van der Waals surface area contributed by atoms with Crippen LogP contribution >= 0.6 is 0 Å². The molecule has 2 saturated heterocycles. The SMILES string of the molecule is CS(=O)(=O)C1(C(=O)NCc2cccc(N3CCCC3=O)c2)CCNCC1. The fraction of sp³-hybridized carbons (Fsp3) is 0.556. The summed E-state index contributed by atoms with van der Waals surface area (Å²) in [6, 6.07) is 7.46. The lowest BCUT2D eigenvalue weighted by molar-refractivity contribution is -0.124. The quantitative estimate of drug-likeness (QED) is 0.781. The predicted octanol–water partition coefficient (Wildman–Crippen LogP) is 0.596. The number of nitrogens with one attached hydrogen (secondary N) is 2. The average molecular weight is 379 g/mol. The zero-order chi connectivity index (χ0) is 18.8. The van der Waals surface area contributed by atoms with Gasteiger partial charge in [0, 0.05) is 31.5 Å². The van der Waals surface area contributed by atoms with Crippen molar-refractivity contribution < 1.29 is 18.0 Å². The zero-order valence-electron chi connectivity index (χ0n) is 15.0. The Kier molecular flexibility index (Phi) is 5.34. The summed E-state index contributed by atoms with van der Waals surface area (Å²) in [5.41, 5.74) is 1.66. The maximum Gasteiger partial charge on any atom is 0.241 e. The van der Waals surface area contributed by atoms with Gasteiger partial charge < -0.3 is 15.5 Å². The van der Waals surface area contributed by atoms with Crippen LogP contribution in [0.3, 0.4) is 0 Å². The van der Waals surface area contributed by atoms with Crippen molar-refractivity contribution >= 4 is 27.3 Å². The van der Waals surface area contributed by atoms with E-state index in [4.69, 9.17) is 0 Å². The third kappa shape index (κ3) is 3.61. The van der Waals surface area contributed by atoms with E-state index in [9.17, 15) is 18.0 Å². The van der Waals surface area contributed by atoms with E-state index in [1.54, 1.807) is 4.90 Å². The molecule has 0 radical (unpaired) electrons. The molecular formula is C18H25N3O4S. The predicted molar refractivity (Wildman–Crippen MR) is 99.6 cm³/mol. The van der Waals surface area contributed by atoms with E-state index in [2.05, 4.69) is 10.6 Å². The molecule has 2 aliphatic heterocycles. The summed E-state index contributed by atoms with van der Waals surface area (Å²) < 4.78 is 23.2. The summed E-state index contributed by atoms with van der Waals surface area (Å²) in [4.78, 5) is 26.4. The van der Waals surface area contributed by atoms with Gasteiger partial charge in [-0.3, -0.25) is 9.59 Å². The minimum Gasteiger partial charge on any atom is -0.351 e. The second-order valence-electron chi connectivity index (χ2n) is 7.02. The number of sulfone groups is 1. The number of amides is 2. The first-order chi connectivity index (χ1) is 12.3. The van der Waals surface area contributed by atoms with Gasteiger partial charge in [-0.2, -0.15) is 0 Å². The molecule has 2 N–H and O–H groups in total. The maximum absolute atomic E-state index is 12.8. The molecule has 8 heteroatoms. The highest BCUT2D eigenvalue weighted by Gasteiger charge is 2.48. The van der Waals surface area contributed by atoms with Crippen molar-refractivity contribution in [3.63, 3.8) is 0 Å². The number of carbonyl (C=O) groups excluding carboxylic acids is 2. The fourth-order valence-electron chi connectivity index (χ4n) is 3.70. The minimum absolute atomic E-state index is 0.108. The molecule has 26 heavy (non-hydrogen) atoms. The minimum atomic E-state index is -3.52. The van der Waals surface area contributed by atoms with Crippen LogP contribution in [0.5, 0.6) is 0 Å². The zero-order valence-corrected chi connectivity index (χ0v) is 15.8. The van der Waals surface area contributed by atoms with Gasteiger partial charge in [0.1, 0.15) is 0 Å². The highest BCUT2D eigenvalue weighted by molar-refractivity contribution is 7.92. The molecule has 7 nitrogen and oxygen atoms in total. The number of rotatable bonds is 5. The molecule has 1 aromatic carbocycles. The van der Waals surface area contributed by atoms with Crippen molar-refractivity contribution in [2.75, 3.05) is 30.8 Å². The molecule has 2 fully saturated rings. The third-order valence-corrected chi connectivity index (χ3v) is 7.30. The van der Waals surface area contributed by atoms with E-state index < -0.39 is 20.5 Å². The van der Waals surface area contributed by atoms with E-state index in [0.29, 0.717) is 26.1 Å². The summed E-state index contributed by atoms with van der Waals surface area (Å²) in [6.45, 7) is 1.96. The second-order valence-corrected chi connectivity index (χ2v) is 9.34. The molecule has 0 aliphatic carbocycles. The van der Waals surface area contributed by atoms with Crippen molar-refractivity contribution in [1.82, 2.24) is 10.6 Å². The van der Waals surface area contributed by atoms with Gasteiger partial charge in [-0.1, -0.05) is 12.1 Å². The second kappa shape index (κ2) is 7.36. The fourth-order valence-corrected chi connectivity index (χ4v) is 5.05. The molecule has 2 aliphatic rings. The maximum atomic E-state index is 12.8. The van der Waals surface area contributed by atoms with E-state index in [1.807, 2.05) is 24.3 Å². The van der Waals surface area contributed by atoms with Crippen LogP contribution in [0.25, 0.3) is 0 Å². The monoisotopic (exact) mass is 379 g/mol. The number of hydrogen-bond acceptors (Lipinski definition) is 5. The van der Waals surface area contributed by atoms with Gasteiger partial charge in [-0.15, -0.1) is 0 Å². The van der Waals surface area contributed by atoms with Crippen LogP contribution in [-0.2, 0) is 26.0 Å². The lowest BCUT2D eigenvalue weighted by Gasteiger charge is -2.34. The molecule has 2 amide bonds. The molecule has 0 saturated carbocycles. The molecule has 0 unspecified atom stereocenters. The lowest BCUT2D eigenvalue weighted by Crippen LogP contribution is -2.57. The third-order valence-electron chi connectivity index (χ3n) is 5.28. The van der Waals surface area contributed by atoms with Crippen molar-refractivity contribution in [3.8, 4) is 0 Å². The van der Waals surface area contributed by atoms with Crippen molar-refractivity contribution in [3.05, 3.63) is 29.8 Å². The number of hydrogen-bond donors (Lipinski definition) is 2. The molecule has 0 bridgehead atoms. The first-order valence-corrected chi connectivity index (χ1v) is 10.8. The van der Waals surface area contributed by atoms with Gasteiger partial charge in [0.15, 0.2) is 14.6 Å². The van der Waals surface area contributed by atoms with Crippen molar-refractivity contribution in [1.29, 1.82) is 0 Å². The van der Waals surface area contributed by atoms with E-state index >= 15 is 0 Å². The Morgan fingerprint density at radius 2 is 2.04 bits per heavy atom. The van der Waals surface area contributed by atoms with Gasteiger partial charge in [-0.25, -0.2) is 8.42 Å². The molecule has 0 spiro atoms. The summed E-state index contributed by atoms with van der Waals surface area (Å²) >= 11 is 0. The highest BCUT2D eigenvalue weighted by atomic mass is 32.2. The smallest absolute Gasteiger partial charge is 0.241 e. The normalized spacial score (nSPS) is 20.2. The van der Waals surface area contributed by atoms with Crippen LogP contribution in [0.15, 0.2) is 24.3 Å². The van der Waals surface area contributed by atoms with Crippen LogP contribution in [0.2, 0.25) is 0 Å². The largest absolute Gasteiger partial charge is 0.351 e. The molecule has 142 valence electrons. The summed E-state index contributed by atoms with van der Waals surface area (Å²) in [7, 11) is -3.52. The van der Waals surface area contributed by atoms with Crippen molar-refractivity contribution in [2.45, 2.75) is 37.0 Å². The molecule has 3 rings (SSSR count). The molecule has 0 atom stereocenters. The van der Waals surface area contributed by atoms with Gasteiger partial charge >= 0.3 is 0 Å². The van der Waals surface area contributed by atoms with Gasteiger partial charge in [-0.05, 0) is 50.0 Å². The van der Waals surface area contributed by atoms with Crippen LogP contribution < -0.4 is 15.5 Å². The standard InChI is InChI=1S/C18H25N3O4S/c1-26(24,25)18(7-9-19-10-8-18)17(23)20-13-14-4-2-5-15(12-14)21-11-3-6-16(21)22/h2,4-5,12,19H,3,6-11,13H2,1H3,(H,20,23). The lowest BCUT2D eigenvalue weighted by atomic mass is 9.95. The number of nitrogens with zero attached hydrogens (tertiary/aromatic N) is 1. The Labute approximate surface area is 154 Å². The van der Waals surface area contributed by atoms with Crippen LogP contribution in [0, 0.1) is 0 Å². The van der Waals surface area contributed by atoms with Gasteiger partial charge in [0.05, 0.1) is 0 Å². The highest BCUT2D eigenvalue weighted by Crippen LogP contribution is 2.28. The van der Waals surface area contributed by atoms with Gasteiger partial charge in [0.25, 0.3) is 0 Å². The summed E-state index contributed by atoms with van der Waals surface area (Å²) in [5, 5.41) is 5.90. The number of anilines is 1. The van der Waals surface area contributed by atoms with E-state index in [-0.39, 0.29) is 25.3 Å². The number of carbonyl (C=O) groups is 2. The van der Waals surface area contributed by atoms with E-state index in [1.165, 1.54) is 0 Å². The molecule has 1 aromatic rings.